The van der Waals surface area contributed by atoms with E-state index in [4.69, 9.17) is 11.6 Å². The summed E-state index contributed by atoms with van der Waals surface area (Å²) in [5.41, 5.74) is 0.668. The van der Waals surface area contributed by atoms with Crippen LogP contribution in [0.25, 0.3) is 0 Å². The fourth-order valence-electron chi connectivity index (χ4n) is 0.692. The van der Waals surface area contributed by atoms with Crippen molar-refractivity contribution in [2.75, 3.05) is 5.88 Å². The Kier molecular flexibility index (Phi) is 1.29. The van der Waals surface area contributed by atoms with E-state index in [2.05, 4.69) is 6.92 Å². The largest absolute Gasteiger partial charge is 0.127 e. The number of hydrogen-bond donors (Lipinski definition) is 0. The van der Waals surface area contributed by atoms with Gasteiger partial charge in [-0.25, -0.2) is 0 Å². The Morgan fingerprint density at radius 1 is 1.57 bits per heavy atom. The highest BCUT2D eigenvalue weighted by Gasteiger charge is 2.35. The molecule has 0 aromatic heterocycles. The van der Waals surface area contributed by atoms with E-state index in [1.54, 1.807) is 0 Å². The van der Waals surface area contributed by atoms with E-state index in [-0.39, 0.29) is 0 Å². The molecule has 0 bridgehead atoms. The molecule has 1 aliphatic carbocycles. The van der Waals surface area contributed by atoms with Crippen LogP contribution in [0.4, 0.5) is 0 Å². The summed E-state index contributed by atoms with van der Waals surface area (Å²) in [7, 11) is 0. The molecule has 1 saturated carbocycles. The van der Waals surface area contributed by atoms with Crippen molar-refractivity contribution in [3.05, 3.63) is 0 Å². The first-order chi connectivity index (χ1) is 3.27. The summed E-state index contributed by atoms with van der Waals surface area (Å²) in [6.07, 6.45) is 4.02. The molecule has 0 saturated heterocycles. The van der Waals surface area contributed by atoms with Crippen molar-refractivity contribution < 1.29 is 0 Å². The van der Waals surface area contributed by atoms with Gasteiger partial charge in [0.1, 0.15) is 0 Å². The molecule has 0 spiro atoms. The van der Waals surface area contributed by atoms with Crippen LogP contribution in [0.3, 0.4) is 0 Å². The number of halogens is 1. The Morgan fingerprint density at radius 3 is 2.29 bits per heavy atom. The van der Waals surface area contributed by atoms with Gasteiger partial charge in [0, 0.05) is 5.88 Å². The normalized spacial score (nSPS) is 24.9. The van der Waals surface area contributed by atoms with Crippen LogP contribution in [0.1, 0.15) is 26.2 Å². The van der Waals surface area contributed by atoms with Crippen LogP contribution in [0.15, 0.2) is 0 Å². The van der Waals surface area contributed by atoms with E-state index in [0.29, 0.717) is 5.41 Å². The average molecular weight is 119 g/mol. The molecule has 1 rings (SSSR count). The molecule has 0 unspecified atom stereocenters. The van der Waals surface area contributed by atoms with Crippen LogP contribution in [0.2, 0.25) is 0 Å². The third kappa shape index (κ3) is 1.34. The predicted octanol–water partition coefficient (Wildman–Crippen LogP) is 2.42. The Morgan fingerprint density at radius 2 is 2.14 bits per heavy atom. The summed E-state index contributed by atoms with van der Waals surface area (Å²) >= 11 is 5.53. The molecule has 0 heterocycles. The fraction of sp³-hybridized carbons (Fsp3) is 1.00. The summed E-state index contributed by atoms with van der Waals surface area (Å²) in [6, 6.07) is 0. The highest BCUT2D eigenvalue weighted by Crippen LogP contribution is 2.48. The van der Waals surface area contributed by atoms with Gasteiger partial charge in [0.25, 0.3) is 0 Å². The first kappa shape index (κ1) is 5.43. The molecular formula is C6H11Cl. The van der Waals surface area contributed by atoms with Crippen LogP contribution < -0.4 is 0 Å². The number of rotatable bonds is 2. The van der Waals surface area contributed by atoms with E-state index in [9.17, 15) is 0 Å². The lowest BCUT2D eigenvalue weighted by atomic mass is 10.1. The van der Waals surface area contributed by atoms with Gasteiger partial charge in [-0.1, -0.05) is 6.92 Å². The third-order valence-electron chi connectivity index (χ3n) is 1.80. The van der Waals surface area contributed by atoms with Gasteiger partial charge in [0.2, 0.25) is 0 Å². The van der Waals surface area contributed by atoms with Crippen LogP contribution >= 0.6 is 11.6 Å². The van der Waals surface area contributed by atoms with Gasteiger partial charge in [-0.15, -0.1) is 11.6 Å². The summed E-state index contributed by atoms with van der Waals surface area (Å²) in [6.45, 7) is 2.30. The van der Waals surface area contributed by atoms with Gasteiger partial charge >= 0.3 is 0 Å². The van der Waals surface area contributed by atoms with Gasteiger partial charge in [-0.05, 0) is 24.7 Å². The topological polar surface area (TPSA) is 0 Å². The molecular weight excluding hydrogens is 108 g/mol. The van der Waals surface area contributed by atoms with Crippen molar-refractivity contribution in [2.45, 2.75) is 26.2 Å². The van der Waals surface area contributed by atoms with Crippen LogP contribution in [-0.2, 0) is 0 Å². The fourth-order valence-corrected chi connectivity index (χ4v) is 1.15. The van der Waals surface area contributed by atoms with E-state index in [0.717, 1.165) is 5.88 Å². The second kappa shape index (κ2) is 1.66. The minimum atomic E-state index is 0.668. The SMILES string of the molecule is CC1(CCCl)CC1. The molecule has 0 aromatic rings. The molecule has 1 heteroatoms. The van der Waals surface area contributed by atoms with Crippen molar-refractivity contribution >= 4 is 11.6 Å². The lowest BCUT2D eigenvalue weighted by Gasteiger charge is -2.00. The average Bonchev–Trinajstić information content (AvgIpc) is 2.22. The van der Waals surface area contributed by atoms with Gasteiger partial charge < -0.3 is 0 Å². The zero-order chi connectivity index (χ0) is 5.33. The monoisotopic (exact) mass is 118 g/mol. The Hall–Kier alpha value is 0.290. The maximum absolute atomic E-state index is 5.53. The highest BCUT2D eigenvalue weighted by molar-refractivity contribution is 6.17. The van der Waals surface area contributed by atoms with Crippen molar-refractivity contribution in [3.63, 3.8) is 0 Å². The van der Waals surface area contributed by atoms with Crippen LogP contribution in [0, 0.1) is 5.41 Å². The minimum absolute atomic E-state index is 0.668. The summed E-state index contributed by atoms with van der Waals surface area (Å²) in [5, 5.41) is 0. The molecule has 1 aliphatic rings. The summed E-state index contributed by atoms with van der Waals surface area (Å²) < 4.78 is 0. The number of alkyl halides is 1. The lowest BCUT2D eigenvalue weighted by molar-refractivity contribution is 0.555. The van der Waals surface area contributed by atoms with E-state index >= 15 is 0 Å². The molecule has 7 heavy (non-hydrogen) atoms. The quantitative estimate of drug-likeness (QED) is 0.489. The summed E-state index contributed by atoms with van der Waals surface area (Å²) in [4.78, 5) is 0. The predicted molar refractivity (Wildman–Crippen MR) is 32.7 cm³/mol. The van der Waals surface area contributed by atoms with Crippen LogP contribution in [0.5, 0.6) is 0 Å². The molecule has 0 aliphatic heterocycles. The van der Waals surface area contributed by atoms with Gasteiger partial charge in [-0.3, -0.25) is 0 Å². The minimum Gasteiger partial charge on any atom is -0.127 e. The first-order valence-electron chi connectivity index (χ1n) is 2.83. The van der Waals surface area contributed by atoms with Crippen molar-refractivity contribution in [3.8, 4) is 0 Å². The Labute approximate surface area is 49.9 Å². The molecule has 0 atom stereocenters. The maximum atomic E-state index is 5.53. The smallest absolute Gasteiger partial charge is 0.0228 e. The summed E-state index contributed by atoms with van der Waals surface area (Å²) in [5.74, 6) is 0.844. The zero-order valence-electron chi connectivity index (χ0n) is 4.71. The maximum Gasteiger partial charge on any atom is 0.0228 e. The first-order valence-corrected chi connectivity index (χ1v) is 3.36. The van der Waals surface area contributed by atoms with E-state index in [1.807, 2.05) is 0 Å². The van der Waals surface area contributed by atoms with Crippen molar-refractivity contribution in [1.29, 1.82) is 0 Å². The van der Waals surface area contributed by atoms with Crippen molar-refractivity contribution in [1.82, 2.24) is 0 Å². The molecule has 0 N–H and O–H groups in total. The molecule has 0 aromatic carbocycles. The molecule has 1 fully saturated rings. The molecule has 0 amide bonds. The van der Waals surface area contributed by atoms with Crippen molar-refractivity contribution in [2.24, 2.45) is 5.41 Å². The molecule has 0 radical (unpaired) electrons. The van der Waals surface area contributed by atoms with Gasteiger partial charge in [0.05, 0.1) is 0 Å². The van der Waals surface area contributed by atoms with E-state index < -0.39 is 0 Å². The standard InChI is InChI=1S/C6H11Cl/c1-6(2-3-6)4-5-7/h2-5H2,1H3. The third-order valence-corrected chi connectivity index (χ3v) is 1.99. The van der Waals surface area contributed by atoms with Gasteiger partial charge in [-0.2, -0.15) is 0 Å². The highest BCUT2D eigenvalue weighted by atomic mass is 35.5. The molecule has 42 valence electrons. The second-order valence-corrected chi connectivity index (χ2v) is 3.13. The van der Waals surface area contributed by atoms with E-state index in [1.165, 1.54) is 19.3 Å². The lowest BCUT2D eigenvalue weighted by Crippen LogP contribution is -1.91. The Balaban J connectivity index is 2.13. The molecule has 0 nitrogen and oxygen atoms in total. The van der Waals surface area contributed by atoms with Crippen LogP contribution in [-0.4, -0.2) is 5.88 Å². The van der Waals surface area contributed by atoms with Gasteiger partial charge in [0.15, 0.2) is 0 Å². The second-order valence-electron chi connectivity index (χ2n) is 2.75. The zero-order valence-corrected chi connectivity index (χ0v) is 5.46. The Bertz CT molecular complexity index is 64.6. The number of hydrogen-bond acceptors (Lipinski definition) is 0.